The highest BCUT2D eigenvalue weighted by Crippen LogP contribution is 2.43. The van der Waals surface area contributed by atoms with Crippen molar-refractivity contribution in [3.05, 3.63) is 81.3 Å². The fourth-order valence-electron chi connectivity index (χ4n) is 4.49. The number of benzene rings is 2. The first-order valence-corrected chi connectivity index (χ1v) is 13.8. The van der Waals surface area contributed by atoms with E-state index in [1.807, 2.05) is 0 Å². The number of carbonyl (C=O) groups excluding carboxylic acids is 2. The van der Waals surface area contributed by atoms with Crippen LogP contribution in [0.2, 0.25) is 0 Å². The summed E-state index contributed by atoms with van der Waals surface area (Å²) in [6.07, 6.45) is 3.50. The van der Waals surface area contributed by atoms with E-state index in [1.165, 1.54) is 34.8 Å². The third-order valence-electron chi connectivity index (χ3n) is 6.36. The summed E-state index contributed by atoms with van der Waals surface area (Å²) in [4.78, 5) is 24.7. The highest BCUT2D eigenvalue weighted by atomic mass is 32.1. The molecule has 0 radical (unpaired) electrons. The van der Waals surface area contributed by atoms with Gasteiger partial charge in [0, 0.05) is 11.8 Å². The molecular weight excluding hydrogens is 530 g/mol. The lowest BCUT2D eigenvalue weighted by atomic mass is 9.82. The zero-order valence-electron chi connectivity index (χ0n) is 20.2. The predicted molar refractivity (Wildman–Crippen MR) is 141 cm³/mol. The summed E-state index contributed by atoms with van der Waals surface area (Å²) in [5.74, 6) is -1.22. The van der Waals surface area contributed by atoms with E-state index in [1.54, 1.807) is 36.4 Å². The van der Waals surface area contributed by atoms with Gasteiger partial charge in [0.05, 0.1) is 12.8 Å². The Hall–Kier alpha value is -3.64. The Morgan fingerprint density at radius 1 is 0.737 bits per heavy atom. The van der Waals surface area contributed by atoms with Crippen LogP contribution in [0.25, 0.3) is 0 Å². The number of nitrogens with one attached hydrogen (secondary N) is 2. The monoisotopic (exact) mass is 554 g/mol. The Morgan fingerprint density at radius 2 is 1.18 bits per heavy atom. The van der Waals surface area contributed by atoms with Crippen LogP contribution in [0.5, 0.6) is 0 Å². The van der Waals surface area contributed by atoms with Gasteiger partial charge in [0.2, 0.25) is 22.1 Å². The van der Waals surface area contributed by atoms with Crippen LogP contribution in [0.4, 0.5) is 19.0 Å². The quantitative estimate of drug-likeness (QED) is 0.299. The minimum Gasteiger partial charge on any atom is -0.300 e. The summed E-state index contributed by atoms with van der Waals surface area (Å²) in [7, 11) is 0. The van der Waals surface area contributed by atoms with Crippen LogP contribution in [0.15, 0.2) is 48.5 Å². The van der Waals surface area contributed by atoms with Gasteiger partial charge in [-0.05, 0) is 42.5 Å². The maximum absolute atomic E-state index is 13.8. The number of nitrogens with zero attached hydrogens (tertiary/aromatic N) is 4. The highest BCUT2D eigenvalue weighted by molar-refractivity contribution is 7.15. The average Bonchev–Trinajstić information content (AvgIpc) is 3.57. The van der Waals surface area contributed by atoms with Crippen LogP contribution in [-0.2, 0) is 22.4 Å². The molecule has 2 amide bonds. The van der Waals surface area contributed by atoms with Crippen LogP contribution in [0, 0.1) is 11.6 Å². The molecule has 1 aliphatic rings. The van der Waals surface area contributed by atoms with Gasteiger partial charge in [0.25, 0.3) is 0 Å². The summed E-state index contributed by atoms with van der Waals surface area (Å²) in [6, 6.07) is 12.4. The molecule has 0 saturated heterocycles. The molecule has 0 spiro atoms. The Bertz CT molecular complexity index is 1340. The van der Waals surface area contributed by atoms with E-state index >= 15 is 0 Å². The van der Waals surface area contributed by atoms with Gasteiger partial charge < -0.3 is 10.6 Å². The summed E-state index contributed by atoms with van der Waals surface area (Å²) in [5.41, 5.74) is 0.648. The molecule has 0 aliphatic heterocycles. The number of carbonyl (C=O) groups is 2. The number of amides is 2. The van der Waals surface area contributed by atoms with Crippen molar-refractivity contribution >= 4 is 44.8 Å². The van der Waals surface area contributed by atoms with Crippen molar-refractivity contribution in [2.24, 2.45) is 0 Å². The summed E-state index contributed by atoms with van der Waals surface area (Å²) < 4.78 is 27.7. The van der Waals surface area contributed by atoms with Gasteiger partial charge in [-0.2, -0.15) is 0 Å². The fraction of sp³-hybridized carbons (Fsp3) is 0.308. The summed E-state index contributed by atoms with van der Waals surface area (Å²) in [6.45, 7) is 0. The van der Waals surface area contributed by atoms with Gasteiger partial charge in [-0.1, -0.05) is 65.5 Å². The lowest BCUT2D eigenvalue weighted by Crippen LogP contribution is -2.15. The minimum absolute atomic E-state index is 0.0801. The molecule has 2 heterocycles. The second-order valence-corrected chi connectivity index (χ2v) is 11.1. The molecule has 0 bridgehead atoms. The second-order valence-electron chi connectivity index (χ2n) is 9.08. The molecular formula is C26H24F2N6O2S2. The molecule has 196 valence electrons. The molecule has 1 aliphatic carbocycles. The topological polar surface area (TPSA) is 110 Å². The Morgan fingerprint density at radius 3 is 1.63 bits per heavy atom. The van der Waals surface area contributed by atoms with Crippen molar-refractivity contribution < 1.29 is 18.4 Å². The average molecular weight is 555 g/mol. The van der Waals surface area contributed by atoms with Gasteiger partial charge in [-0.3, -0.25) is 9.59 Å². The van der Waals surface area contributed by atoms with E-state index < -0.39 is 11.6 Å². The zero-order valence-corrected chi connectivity index (χ0v) is 21.8. The molecule has 2 atom stereocenters. The molecule has 1 fully saturated rings. The van der Waals surface area contributed by atoms with Gasteiger partial charge in [-0.25, -0.2) is 8.78 Å². The summed E-state index contributed by atoms with van der Waals surface area (Å²) >= 11 is 2.65. The molecule has 2 aromatic carbocycles. The third kappa shape index (κ3) is 6.43. The van der Waals surface area contributed by atoms with Crippen LogP contribution >= 0.6 is 22.7 Å². The van der Waals surface area contributed by atoms with Crippen LogP contribution in [-0.4, -0.2) is 32.2 Å². The van der Waals surface area contributed by atoms with Gasteiger partial charge in [0.15, 0.2) is 0 Å². The van der Waals surface area contributed by atoms with Crippen LogP contribution in [0.3, 0.4) is 0 Å². The lowest BCUT2D eigenvalue weighted by Gasteiger charge is -2.25. The van der Waals surface area contributed by atoms with E-state index in [-0.39, 0.29) is 36.5 Å². The van der Waals surface area contributed by atoms with Crippen molar-refractivity contribution in [2.45, 2.75) is 50.4 Å². The molecule has 1 saturated carbocycles. The minimum atomic E-state index is -0.418. The van der Waals surface area contributed by atoms with Crippen molar-refractivity contribution in [1.82, 2.24) is 20.4 Å². The first kappa shape index (κ1) is 26.0. The Labute approximate surface area is 225 Å². The number of anilines is 2. The highest BCUT2D eigenvalue weighted by Gasteiger charge is 2.29. The molecule has 38 heavy (non-hydrogen) atoms. The first-order chi connectivity index (χ1) is 18.4. The molecule has 2 aromatic heterocycles. The number of hydrogen-bond acceptors (Lipinski definition) is 8. The molecule has 8 nitrogen and oxygen atoms in total. The van der Waals surface area contributed by atoms with Crippen molar-refractivity contribution in [2.75, 3.05) is 10.6 Å². The molecule has 2 N–H and O–H groups in total. The number of aromatic nitrogens is 4. The third-order valence-corrected chi connectivity index (χ3v) is 8.37. The second kappa shape index (κ2) is 11.8. The van der Waals surface area contributed by atoms with Gasteiger partial charge in [0.1, 0.15) is 21.6 Å². The number of halogens is 2. The lowest BCUT2D eigenvalue weighted by molar-refractivity contribution is -0.116. The molecule has 4 aromatic rings. The molecule has 12 heteroatoms. The Kier molecular flexibility index (Phi) is 8.08. The van der Waals surface area contributed by atoms with Crippen LogP contribution < -0.4 is 10.6 Å². The zero-order chi connectivity index (χ0) is 26.5. The SMILES string of the molecule is O=C(Cc1ccccc1F)Nc1nnc([C@@H]2CCC[C@@H](c3nnc(NC(=O)Cc4ccccc4F)s3)C2)s1. The van der Waals surface area contributed by atoms with E-state index in [0.717, 1.165) is 35.7 Å². The van der Waals surface area contributed by atoms with Crippen molar-refractivity contribution in [3.63, 3.8) is 0 Å². The standard InChI is InChI=1S/C26H24F2N6O2S2/c27-19-10-3-1-6-15(19)13-21(35)29-25-33-31-23(37-25)17-8-5-9-18(12-17)24-32-34-26(38-24)30-22(36)14-16-7-2-4-11-20(16)28/h1-4,6-7,10-11,17-18H,5,8-9,12-14H2,(H,29,33,35)(H,30,34,36)/t17-,18-/m1/s1. The maximum atomic E-state index is 13.8. The van der Waals surface area contributed by atoms with E-state index in [2.05, 4.69) is 31.0 Å². The number of hydrogen-bond donors (Lipinski definition) is 2. The largest absolute Gasteiger partial charge is 0.300 e. The number of rotatable bonds is 8. The van der Waals surface area contributed by atoms with E-state index in [9.17, 15) is 18.4 Å². The molecule has 0 unspecified atom stereocenters. The van der Waals surface area contributed by atoms with Gasteiger partial charge in [-0.15, -0.1) is 20.4 Å². The predicted octanol–water partition coefficient (Wildman–Crippen LogP) is 5.47. The Balaban J connectivity index is 1.16. The van der Waals surface area contributed by atoms with E-state index in [4.69, 9.17) is 0 Å². The smallest absolute Gasteiger partial charge is 0.230 e. The van der Waals surface area contributed by atoms with Gasteiger partial charge >= 0.3 is 0 Å². The fourth-order valence-corrected chi connectivity index (χ4v) is 6.31. The maximum Gasteiger partial charge on any atom is 0.230 e. The van der Waals surface area contributed by atoms with Crippen LogP contribution in [0.1, 0.15) is 58.7 Å². The molecule has 5 rings (SSSR count). The normalized spacial score (nSPS) is 17.2. The van der Waals surface area contributed by atoms with E-state index in [0.29, 0.717) is 21.4 Å². The summed E-state index contributed by atoms with van der Waals surface area (Å²) in [5, 5.41) is 24.7. The van der Waals surface area contributed by atoms with Crippen molar-refractivity contribution in [1.29, 1.82) is 0 Å². The van der Waals surface area contributed by atoms with Crippen molar-refractivity contribution in [3.8, 4) is 0 Å². The first-order valence-electron chi connectivity index (χ1n) is 12.2.